The highest BCUT2D eigenvalue weighted by molar-refractivity contribution is 8.00. The van der Waals surface area contributed by atoms with Gasteiger partial charge >= 0.3 is 0 Å². The number of rotatable bonds is 7. The Hall–Kier alpha value is -2.28. The van der Waals surface area contributed by atoms with Crippen molar-refractivity contribution in [3.63, 3.8) is 0 Å². The number of hydrogen-bond acceptors (Lipinski definition) is 4. The highest BCUT2D eigenvalue weighted by Gasteiger charge is 2.22. The maximum atomic E-state index is 13.2. The molecule has 1 amide bonds. The highest BCUT2D eigenvalue weighted by Crippen LogP contribution is 2.35. The second kappa shape index (κ2) is 8.61. The highest BCUT2D eigenvalue weighted by atomic mass is 32.2. The van der Waals surface area contributed by atoms with Crippen molar-refractivity contribution in [2.75, 3.05) is 12.4 Å². The third-order valence-corrected chi connectivity index (χ3v) is 5.11. The Bertz CT molecular complexity index is 844. The topological polar surface area (TPSA) is 47.6 Å². The summed E-state index contributed by atoms with van der Waals surface area (Å²) in [6.07, 6.45) is 0.972. The van der Waals surface area contributed by atoms with E-state index in [0.717, 1.165) is 52.9 Å². The summed E-state index contributed by atoms with van der Waals surface area (Å²) in [6, 6.07) is 7.46. The molecule has 7 heteroatoms. The van der Waals surface area contributed by atoms with Crippen molar-refractivity contribution >= 4 is 17.7 Å². The second-order valence-corrected chi connectivity index (χ2v) is 7.32. The van der Waals surface area contributed by atoms with Crippen molar-refractivity contribution < 1.29 is 23.0 Å². The molecule has 0 unspecified atom stereocenters. The Balaban J connectivity index is 1.59. The fourth-order valence-electron chi connectivity index (χ4n) is 2.87. The number of ether oxygens (including phenoxy) is 2. The molecule has 0 radical (unpaired) electrons. The van der Waals surface area contributed by atoms with Gasteiger partial charge in [0, 0.05) is 29.0 Å². The van der Waals surface area contributed by atoms with Crippen LogP contribution in [-0.4, -0.2) is 24.4 Å². The zero-order valence-electron chi connectivity index (χ0n) is 15.2. The summed E-state index contributed by atoms with van der Waals surface area (Å²) in [5.41, 5.74) is 1.95. The van der Waals surface area contributed by atoms with Crippen LogP contribution >= 0.6 is 11.8 Å². The average Bonchev–Trinajstić information content (AvgIpc) is 3.00. The predicted octanol–water partition coefficient (Wildman–Crippen LogP) is 4.10. The number of nitrogens with one attached hydrogen (secondary N) is 1. The van der Waals surface area contributed by atoms with Gasteiger partial charge in [-0.15, -0.1) is 11.8 Å². The van der Waals surface area contributed by atoms with Gasteiger partial charge in [0.05, 0.1) is 12.4 Å². The van der Waals surface area contributed by atoms with Gasteiger partial charge in [0.25, 0.3) is 0 Å². The molecule has 1 atom stereocenters. The van der Waals surface area contributed by atoms with E-state index in [1.165, 1.54) is 6.07 Å². The smallest absolute Gasteiger partial charge is 0.230 e. The largest absolute Gasteiger partial charge is 0.494 e. The molecular weight excluding hydrogens is 372 g/mol. The molecule has 0 saturated carbocycles. The molecule has 27 heavy (non-hydrogen) atoms. The summed E-state index contributed by atoms with van der Waals surface area (Å²) >= 11 is 1.15. The van der Waals surface area contributed by atoms with Gasteiger partial charge in [-0.2, -0.15) is 0 Å². The van der Waals surface area contributed by atoms with Crippen LogP contribution < -0.4 is 14.8 Å². The summed E-state index contributed by atoms with van der Waals surface area (Å²) in [5.74, 6) is -0.363. The van der Waals surface area contributed by atoms with Crippen LogP contribution in [0.5, 0.6) is 11.5 Å². The second-order valence-electron chi connectivity index (χ2n) is 6.27. The molecule has 1 N–H and O–H groups in total. The molecule has 1 aliphatic heterocycles. The number of carbonyl (C=O) groups excluding carboxylic acids is 1. The molecule has 0 bridgehead atoms. The van der Waals surface area contributed by atoms with Gasteiger partial charge in [-0.05, 0) is 44.2 Å². The van der Waals surface area contributed by atoms with Crippen molar-refractivity contribution in [3.05, 3.63) is 53.1 Å². The lowest BCUT2D eigenvalue weighted by atomic mass is 10.1. The van der Waals surface area contributed by atoms with E-state index < -0.39 is 11.6 Å². The zero-order chi connectivity index (χ0) is 19.4. The molecule has 2 aromatic carbocycles. The van der Waals surface area contributed by atoms with E-state index in [1.54, 1.807) is 0 Å². The van der Waals surface area contributed by atoms with Crippen LogP contribution in [0, 0.1) is 11.6 Å². The number of halogens is 2. The van der Waals surface area contributed by atoms with Crippen LogP contribution in [0.3, 0.4) is 0 Å². The summed E-state index contributed by atoms with van der Waals surface area (Å²) in [7, 11) is 0. The lowest BCUT2D eigenvalue weighted by Crippen LogP contribution is -2.25. The number of carbonyl (C=O) groups is 1. The zero-order valence-corrected chi connectivity index (χ0v) is 16.0. The van der Waals surface area contributed by atoms with Gasteiger partial charge in [-0.25, -0.2) is 8.78 Å². The Morgan fingerprint density at radius 2 is 2.11 bits per heavy atom. The van der Waals surface area contributed by atoms with Crippen LogP contribution in [0.25, 0.3) is 0 Å². The standard InChI is InChI=1S/C20H21F2NO3S/c1-3-25-18-7-13-6-12(2)26-19(13)8-14(18)10-23-20(24)11-27-15-4-5-16(21)17(22)9-15/h4-5,7-9,12H,3,6,10-11H2,1-2H3,(H,23,24)/t12-/m0/s1. The summed E-state index contributed by atoms with van der Waals surface area (Å²) in [4.78, 5) is 12.6. The van der Waals surface area contributed by atoms with Crippen molar-refractivity contribution in [1.82, 2.24) is 5.32 Å². The Labute approximate surface area is 161 Å². The molecule has 4 nitrogen and oxygen atoms in total. The first-order valence-corrected chi connectivity index (χ1v) is 9.74. The van der Waals surface area contributed by atoms with Crippen molar-refractivity contribution in [2.24, 2.45) is 0 Å². The molecule has 3 rings (SSSR count). The molecule has 0 aliphatic carbocycles. The van der Waals surface area contributed by atoms with Crippen molar-refractivity contribution in [2.45, 2.75) is 37.8 Å². The molecule has 0 aromatic heterocycles. The van der Waals surface area contributed by atoms with Crippen LogP contribution in [0.15, 0.2) is 35.2 Å². The van der Waals surface area contributed by atoms with Gasteiger partial charge in [0.1, 0.15) is 17.6 Å². The van der Waals surface area contributed by atoms with E-state index in [1.807, 2.05) is 26.0 Å². The first-order chi connectivity index (χ1) is 13.0. The number of benzene rings is 2. The fourth-order valence-corrected chi connectivity index (χ4v) is 3.62. The summed E-state index contributed by atoms with van der Waals surface area (Å²) in [5, 5.41) is 2.83. The van der Waals surface area contributed by atoms with Crippen molar-refractivity contribution in [3.8, 4) is 11.5 Å². The molecule has 144 valence electrons. The molecule has 1 heterocycles. The number of hydrogen-bond donors (Lipinski definition) is 1. The lowest BCUT2D eigenvalue weighted by Gasteiger charge is -2.13. The maximum Gasteiger partial charge on any atom is 0.230 e. The number of fused-ring (bicyclic) bond motifs is 1. The Kier molecular flexibility index (Phi) is 6.21. The molecule has 0 spiro atoms. The molecule has 2 aromatic rings. The van der Waals surface area contributed by atoms with Gasteiger partial charge in [-0.3, -0.25) is 4.79 Å². The predicted molar refractivity (Wildman–Crippen MR) is 100 cm³/mol. The Morgan fingerprint density at radius 1 is 1.30 bits per heavy atom. The van der Waals surface area contributed by atoms with E-state index in [0.29, 0.717) is 18.0 Å². The van der Waals surface area contributed by atoms with Crippen LogP contribution in [0.4, 0.5) is 8.78 Å². The minimum atomic E-state index is -0.922. The van der Waals surface area contributed by atoms with E-state index in [-0.39, 0.29) is 17.8 Å². The number of thioether (sulfide) groups is 1. The third-order valence-electron chi connectivity index (χ3n) is 4.12. The fraction of sp³-hybridized carbons (Fsp3) is 0.350. The summed E-state index contributed by atoms with van der Waals surface area (Å²) in [6.45, 7) is 4.75. The van der Waals surface area contributed by atoms with E-state index in [4.69, 9.17) is 9.47 Å². The van der Waals surface area contributed by atoms with Gasteiger partial charge in [0.15, 0.2) is 11.6 Å². The Morgan fingerprint density at radius 3 is 2.85 bits per heavy atom. The van der Waals surface area contributed by atoms with Crippen LogP contribution in [-0.2, 0) is 17.8 Å². The maximum absolute atomic E-state index is 13.2. The molecule has 0 saturated heterocycles. The first-order valence-electron chi connectivity index (χ1n) is 8.76. The minimum absolute atomic E-state index is 0.105. The average molecular weight is 393 g/mol. The molecule has 1 aliphatic rings. The third kappa shape index (κ3) is 4.91. The van der Waals surface area contributed by atoms with Gasteiger partial charge in [0.2, 0.25) is 5.91 Å². The van der Waals surface area contributed by atoms with Gasteiger partial charge in [-0.1, -0.05) is 0 Å². The van der Waals surface area contributed by atoms with Gasteiger partial charge < -0.3 is 14.8 Å². The van der Waals surface area contributed by atoms with E-state index in [2.05, 4.69) is 5.32 Å². The minimum Gasteiger partial charge on any atom is -0.494 e. The first kappa shape index (κ1) is 19.5. The van der Waals surface area contributed by atoms with Crippen LogP contribution in [0.1, 0.15) is 25.0 Å². The van der Waals surface area contributed by atoms with E-state index >= 15 is 0 Å². The SMILES string of the molecule is CCOc1cc2c(cc1CNC(=O)CSc1ccc(F)c(F)c1)O[C@@H](C)C2. The number of amides is 1. The van der Waals surface area contributed by atoms with E-state index in [9.17, 15) is 13.6 Å². The quantitative estimate of drug-likeness (QED) is 0.720. The van der Waals surface area contributed by atoms with Crippen molar-refractivity contribution in [1.29, 1.82) is 0 Å². The molecule has 0 fully saturated rings. The molecular formula is C20H21F2NO3S. The monoisotopic (exact) mass is 393 g/mol. The normalized spacial score (nSPS) is 15.2. The van der Waals surface area contributed by atoms with Crippen LogP contribution in [0.2, 0.25) is 0 Å². The summed E-state index contributed by atoms with van der Waals surface area (Å²) < 4.78 is 37.6. The lowest BCUT2D eigenvalue weighted by molar-refractivity contribution is -0.118.